The smallest absolute Gasteiger partial charge is 0.134 e. The van der Waals surface area contributed by atoms with Crippen LogP contribution in [0.5, 0.6) is 0 Å². The van der Waals surface area contributed by atoms with E-state index < -0.39 is 5.54 Å². The molecule has 0 radical (unpaired) electrons. The molecule has 0 amide bonds. The van der Waals surface area contributed by atoms with Crippen LogP contribution in [0.25, 0.3) is 0 Å². The highest BCUT2D eigenvalue weighted by Crippen LogP contribution is 2.30. The maximum absolute atomic E-state index is 9.57. The molecular weight excluding hydrogens is 212 g/mol. The minimum Gasteiger partial charge on any atom is -0.385 e. The van der Waals surface area contributed by atoms with Gasteiger partial charge in [-0.2, -0.15) is 5.26 Å². The molecular formula is C14H18N2O. The van der Waals surface area contributed by atoms with Gasteiger partial charge in [0, 0.05) is 26.2 Å². The standard InChI is InChI=1S/C14H18N2O/c1-17-10-9-14(11-15,16-13-7-8-13)12-5-3-2-4-6-12/h2-6,13,16H,7-10H2,1H3. The van der Waals surface area contributed by atoms with Crippen LogP contribution in [0, 0.1) is 11.3 Å². The highest BCUT2D eigenvalue weighted by atomic mass is 16.5. The first-order valence-corrected chi connectivity index (χ1v) is 6.04. The second-order valence-corrected chi connectivity index (χ2v) is 4.54. The lowest BCUT2D eigenvalue weighted by Gasteiger charge is -2.28. The molecule has 3 nitrogen and oxygen atoms in total. The van der Waals surface area contributed by atoms with Gasteiger partial charge in [-0.05, 0) is 18.4 Å². The lowest BCUT2D eigenvalue weighted by atomic mass is 9.88. The van der Waals surface area contributed by atoms with Crippen LogP contribution >= 0.6 is 0 Å². The average molecular weight is 230 g/mol. The van der Waals surface area contributed by atoms with E-state index in [1.54, 1.807) is 7.11 Å². The predicted octanol–water partition coefficient (Wildman–Crippen LogP) is 2.19. The summed E-state index contributed by atoms with van der Waals surface area (Å²) in [5.41, 5.74) is 0.435. The molecule has 1 unspecified atom stereocenters. The highest BCUT2D eigenvalue weighted by molar-refractivity contribution is 5.32. The van der Waals surface area contributed by atoms with Crippen molar-refractivity contribution in [2.75, 3.05) is 13.7 Å². The minimum atomic E-state index is -0.599. The number of ether oxygens (including phenoxy) is 1. The highest BCUT2D eigenvalue weighted by Gasteiger charge is 2.37. The summed E-state index contributed by atoms with van der Waals surface area (Å²) in [6, 6.07) is 12.9. The molecule has 1 aromatic rings. The van der Waals surface area contributed by atoms with E-state index in [4.69, 9.17) is 4.74 Å². The number of hydrogen-bond acceptors (Lipinski definition) is 3. The molecule has 17 heavy (non-hydrogen) atoms. The molecule has 0 spiro atoms. The predicted molar refractivity (Wildman–Crippen MR) is 66.4 cm³/mol. The van der Waals surface area contributed by atoms with Crippen LogP contribution < -0.4 is 5.32 Å². The molecule has 1 fully saturated rings. The van der Waals surface area contributed by atoms with Gasteiger partial charge in [-0.25, -0.2) is 0 Å². The number of nitrogens with one attached hydrogen (secondary N) is 1. The van der Waals surface area contributed by atoms with Crippen molar-refractivity contribution in [3.63, 3.8) is 0 Å². The molecule has 1 saturated carbocycles. The summed E-state index contributed by atoms with van der Waals surface area (Å²) in [5.74, 6) is 0. The summed E-state index contributed by atoms with van der Waals surface area (Å²) < 4.78 is 5.13. The van der Waals surface area contributed by atoms with Gasteiger partial charge in [-0.15, -0.1) is 0 Å². The summed E-state index contributed by atoms with van der Waals surface area (Å²) in [6.07, 6.45) is 3.02. The van der Waals surface area contributed by atoms with Crippen LogP contribution in [0.15, 0.2) is 30.3 Å². The third-order valence-corrected chi connectivity index (χ3v) is 3.17. The van der Waals surface area contributed by atoms with Crippen LogP contribution in [-0.4, -0.2) is 19.8 Å². The van der Waals surface area contributed by atoms with Crippen molar-refractivity contribution in [1.29, 1.82) is 5.26 Å². The van der Waals surface area contributed by atoms with Gasteiger partial charge in [0.2, 0.25) is 0 Å². The molecule has 0 heterocycles. The quantitative estimate of drug-likeness (QED) is 0.814. The Hall–Kier alpha value is -1.37. The van der Waals surface area contributed by atoms with Gasteiger partial charge < -0.3 is 4.74 Å². The average Bonchev–Trinajstić information content (AvgIpc) is 3.19. The lowest BCUT2D eigenvalue weighted by Crippen LogP contribution is -2.43. The SMILES string of the molecule is COCCC(C#N)(NC1CC1)c1ccccc1. The van der Waals surface area contributed by atoms with E-state index in [1.165, 1.54) is 12.8 Å². The molecule has 0 bridgehead atoms. The zero-order valence-electron chi connectivity index (χ0n) is 10.1. The van der Waals surface area contributed by atoms with Gasteiger partial charge in [-0.3, -0.25) is 5.32 Å². The van der Waals surface area contributed by atoms with Gasteiger partial charge in [0.15, 0.2) is 0 Å². The van der Waals surface area contributed by atoms with Crippen molar-refractivity contribution >= 4 is 0 Å². The summed E-state index contributed by atoms with van der Waals surface area (Å²) >= 11 is 0. The molecule has 90 valence electrons. The first kappa shape index (κ1) is 12.1. The second kappa shape index (κ2) is 5.31. The molecule has 1 aromatic carbocycles. The summed E-state index contributed by atoms with van der Waals surface area (Å²) in [5, 5.41) is 13.0. The molecule has 1 aliphatic carbocycles. The number of benzene rings is 1. The Kier molecular flexibility index (Phi) is 3.78. The normalized spacial score (nSPS) is 18.4. The number of nitrogens with zero attached hydrogens (tertiary/aromatic N) is 1. The molecule has 3 heteroatoms. The molecule has 0 saturated heterocycles. The zero-order valence-corrected chi connectivity index (χ0v) is 10.1. The van der Waals surface area contributed by atoms with Gasteiger partial charge in [0.05, 0.1) is 6.07 Å². The first-order chi connectivity index (χ1) is 8.30. The number of rotatable bonds is 6. The zero-order chi connectivity index (χ0) is 12.1. The Morgan fingerprint density at radius 1 is 1.41 bits per heavy atom. The molecule has 0 aliphatic heterocycles. The monoisotopic (exact) mass is 230 g/mol. The Morgan fingerprint density at radius 3 is 2.65 bits per heavy atom. The van der Waals surface area contributed by atoms with Crippen molar-refractivity contribution in [1.82, 2.24) is 5.32 Å². The molecule has 0 aromatic heterocycles. The Bertz CT molecular complexity index is 394. The van der Waals surface area contributed by atoms with Crippen LogP contribution in [0.2, 0.25) is 0 Å². The fourth-order valence-electron chi connectivity index (χ4n) is 2.01. The molecule has 1 atom stereocenters. The molecule has 1 N–H and O–H groups in total. The Balaban J connectivity index is 2.23. The summed E-state index contributed by atoms with van der Waals surface area (Å²) in [6.45, 7) is 0.585. The van der Waals surface area contributed by atoms with Crippen molar-refractivity contribution in [2.45, 2.75) is 30.8 Å². The van der Waals surface area contributed by atoms with Crippen molar-refractivity contribution in [3.05, 3.63) is 35.9 Å². The number of hydrogen-bond donors (Lipinski definition) is 1. The van der Waals surface area contributed by atoms with Crippen molar-refractivity contribution in [3.8, 4) is 6.07 Å². The Labute approximate surface area is 102 Å². The van der Waals surface area contributed by atoms with Crippen molar-refractivity contribution in [2.24, 2.45) is 0 Å². The van der Waals surface area contributed by atoms with Crippen LogP contribution in [0.4, 0.5) is 0 Å². The maximum atomic E-state index is 9.57. The minimum absolute atomic E-state index is 0.492. The van der Waals surface area contributed by atoms with Gasteiger partial charge in [-0.1, -0.05) is 30.3 Å². The topological polar surface area (TPSA) is 45.0 Å². The van der Waals surface area contributed by atoms with Crippen LogP contribution in [0.3, 0.4) is 0 Å². The van der Waals surface area contributed by atoms with Gasteiger partial charge >= 0.3 is 0 Å². The van der Waals surface area contributed by atoms with Gasteiger partial charge in [0.1, 0.15) is 5.54 Å². The van der Waals surface area contributed by atoms with Gasteiger partial charge in [0.25, 0.3) is 0 Å². The summed E-state index contributed by atoms with van der Waals surface area (Å²) in [7, 11) is 1.67. The van der Waals surface area contributed by atoms with E-state index in [0.717, 1.165) is 5.56 Å². The van der Waals surface area contributed by atoms with E-state index in [1.807, 2.05) is 30.3 Å². The molecule has 2 rings (SSSR count). The van der Waals surface area contributed by atoms with E-state index in [2.05, 4.69) is 11.4 Å². The molecule has 1 aliphatic rings. The third-order valence-electron chi connectivity index (χ3n) is 3.17. The third kappa shape index (κ3) is 2.85. The van der Waals surface area contributed by atoms with Crippen LogP contribution in [0.1, 0.15) is 24.8 Å². The largest absolute Gasteiger partial charge is 0.385 e. The van der Waals surface area contributed by atoms with E-state index >= 15 is 0 Å². The number of methoxy groups -OCH3 is 1. The van der Waals surface area contributed by atoms with E-state index in [9.17, 15) is 5.26 Å². The lowest BCUT2D eigenvalue weighted by molar-refractivity contribution is 0.169. The van der Waals surface area contributed by atoms with Crippen molar-refractivity contribution < 1.29 is 4.74 Å². The summed E-state index contributed by atoms with van der Waals surface area (Å²) in [4.78, 5) is 0. The fraction of sp³-hybridized carbons (Fsp3) is 0.500. The maximum Gasteiger partial charge on any atom is 0.134 e. The van der Waals surface area contributed by atoms with E-state index in [-0.39, 0.29) is 0 Å². The van der Waals surface area contributed by atoms with E-state index in [0.29, 0.717) is 19.1 Å². The second-order valence-electron chi connectivity index (χ2n) is 4.54. The van der Waals surface area contributed by atoms with Crippen LogP contribution in [-0.2, 0) is 10.3 Å². The number of nitriles is 1. The first-order valence-electron chi connectivity index (χ1n) is 6.04. The Morgan fingerprint density at radius 2 is 2.12 bits per heavy atom. The fourth-order valence-corrected chi connectivity index (χ4v) is 2.01.